The number of ether oxygens (including phenoxy) is 2. The van der Waals surface area contributed by atoms with Gasteiger partial charge in [0.2, 0.25) is 0 Å². The van der Waals surface area contributed by atoms with Crippen molar-refractivity contribution in [3.63, 3.8) is 0 Å². The van der Waals surface area contributed by atoms with Gasteiger partial charge in [-0.1, -0.05) is 48.5 Å². The molecule has 0 amide bonds. The van der Waals surface area contributed by atoms with Gasteiger partial charge in [-0.2, -0.15) is 0 Å². The first kappa shape index (κ1) is 22.0. The van der Waals surface area contributed by atoms with Gasteiger partial charge in [0.05, 0.1) is 16.8 Å². The highest BCUT2D eigenvalue weighted by atomic mass is 32.2. The van der Waals surface area contributed by atoms with Gasteiger partial charge in [0.15, 0.2) is 0 Å². The zero-order valence-corrected chi connectivity index (χ0v) is 17.6. The molecule has 3 rings (SSSR count). The maximum Gasteiger partial charge on any atom is 0.339 e. The first-order valence-corrected chi connectivity index (χ1v) is 10.9. The molecule has 0 N–H and O–H groups in total. The third-order valence-corrected chi connectivity index (χ3v) is 6.27. The average molecular weight is 439 g/mol. The summed E-state index contributed by atoms with van der Waals surface area (Å²) in [5.41, 5.74) is 0.743. The summed E-state index contributed by atoms with van der Waals surface area (Å²) in [7, 11) is -2.59. The van der Waals surface area contributed by atoms with Gasteiger partial charge in [-0.15, -0.1) is 0 Å². The molecule has 0 aliphatic rings. The molecule has 3 aromatic rings. The second-order valence-electron chi connectivity index (χ2n) is 6.44. The molecule has 0 radical (unpaired) electrons. The van der Waals surface area contributed by atoms with Gasteiger partial charge in [0.1, 0.15) is 18.1 Å². The van der Waals surface area contributed by atoms with Crippen molar-refractivity contribution in [2.45, 2.75) is 4.90 Å². The van der Waals surface area contributed by atoms with Gasteiger partial charge in [-0.3, -0.25) is 4.31 Å². The lowest BCUT2D eigenvalue weighted by atomic mass is 10.2. The average Bonchev–Trinajstić information content (AvgIpc) is 2.82. The molecule has 160 valence electrons. The summed E-state index contributed by atoms with van der Waals surface area (Å²) in [6.45, 7) is -0.362. The predicted octanol–water partition coefficient (Wildman–Crippen LogP) is 3.53. The van der Waals surface area contributed by atoms with Crippen molar-refractivity contribution in [3.05, 3.63) is 96.1 Å². The Bertz CT molecular complexity index is 1150. The van der Waals surface area contributed by atoms with E-state index in [1.807, 2.05) is 0 Å². The van der Waals surface area contributed by atoms with E-state index in [1.165, 1.54) is 25.2 Å². The van der Waals surface area contributed by atoms with Crippen LogP contribution < -0.4 is 4.31 Å². The highest BCUT2D eigenvalue weighted by Crippen LogP contribution is 2.24. The summed E-state index contributed by atoms with van der Waals surface area (Å²) in [4.78, 5) is 24.3. The van der Waals surface area contributed by atoms with Gasteiger partial charge in [0.25, 0.3) is 10.0 Å². The second kappa shape index (κ2) is 9.90. The quantitative estimate of drug-likeness (QED) is 0.394. The van der Waals surface area contributed by atoms with Crippen LogP contribution in [0.5, 0.6) is 0 Å². The van der Waals surface area contributed by atoms with Crippen molar-refractivity contribution in [1.29, 1.82) is 0 Å². The Morgan fingerprint density at radius 1 is 0.742 bits per heavy atom. The van der Waals surface area contributed by atoms with Crippen molar-refractivity contribution in [1.82, 2.24) is 0 Å². The molecule has 31 heavy (non-hydrogen) atoms. The fraction of sp³-hybridized carbons (Fsp3) is 0.130. The van der Waals surface area contributed by atoms with Crippen molar-refractivity contribution in [2.24, 2.45) is 0 Å². The zero-order valence-electron chi connectivity index (χ0n) is 16.8. The van der Waals surface area contributed by atoms with E-state index in [1.54, 1.807) is 66.7 Å². The van der Waals surface area contributed by atoms with E-state index in [0.717, 1.165) is 4.31 Å². The summed E-state index contributed by atoms with van der Waals surface area (Å²) in [5.74, 6) is -1.36. The lowest BCUT2D eigenvalue weighted by molar-refractivity contribution is 0.0263. The van der Waals surface area contributed by atoms with Gasteiger partial charge in [0, 0.05) is 7.05 Å². The number of esters is 2. The molecule has 0 fully saturated rings. The number of sulfonamides is 1. The van der Waals surface area contributed by atoms with E-state index in [0.29, 0.717) is 11.3 Å². The Hall–Kier alpha value is -3.65. The Morgan fingerprint density at radius 2 is 1.26 bits per heavy atom. The number of para-hydroxylation sites is 1. The third kappa shape index (κ3) is 5.29. The van der Waals surface area contributed by atoms with Crippen LogP contribution in [-0.2, 0) is 19.5 Å². The van der Waals surface area contributed by atoms with Crippen LogP contribution >= 0.6 is 0 Å². The van der Waals surface area contributed by atoms with E-state index in [4.69, 9.17) is 9.47 Å². The first-order valence-electron chi connectivity index (χ1n) is 9.43. The summed E-state index contributed by atoms with van der Waals surface area (Å²) in [6.07, 6.45) is 0. The number of anilines is 1. The molecule has 0 aromatic heterocycles. The summed E-state index contributed by atoms with van der Waals surface area (Å²) < 4.78 is 37.5. The monoisotopic (exact) mass is 439 g/mol. The number of carbonyl (C=O) groups is 2. The molecule has 0 atom stereocenters. The standard InChI is InChI=1S/C23H21NO6S/c1-24(19-12-6-3-7-13-19)31(27,28)21-15-9-8-14-20(21)23(26)30-17-16-29-22(25)18-10-4-2-5-11-18/h2-15H,16-17H2,1H3. The van der Waals surface area contributed by atoms with E-state index < -0.39 is 22.0 Å². The van der Waals surface area contributed by atoms with Gasteiger partial charge >= 0.3 is 11.9 Å². The van der Waals surface area contributed by atoms with Crippen LogP contribution in [0.15, 0.2) is 89.8 Å². The number of benzene rings is 3. The third-order valence-electron chi connectivity index (χ3n) is 4.42. The molecular weight excluding hydrogens is 418 g/mol. The molecule has 0 saturated carbocycles. The van der Waals surface area contributed by atoms with Crippen LogP contribution in [0.4, 0.5) is 5.69 Å². The lowest BCUT2D eigenvalue weighted by Crippen LogP contribution is -2.28. The van der Waals surface area contributed by atoms with Gasteiger partial charge in [-0.25, -0.2) is 18.0 Å². The Morgan fingerprint density at radius 3 is 1.90 bits per heavy atom. The fourth-order valence-corrected chi connectivity index (χ4v) is 4.16. The number of hydrogen-bond acceptors (Lipinski definition) is 6. The fourth-order valence-electron chi connectivity index (χ4n) is 2.79. The van der Waals surface area contributed by atoms with E-state index in [-0.39, 0.29) is 23.7 Å². The molecule has 0 aliphatic carbocycles. The maximum atomic E-state index is 13.1. The van der Waals surface area contributed by atoms with Crippen LogP contribution in [0.25, 0.3) is 0 Å². The summed E-state index contributed by atoms with van der Waals surface area (Å²) >= 11 is 0. The van der Waals surface area contributed by atoms with Crippen molar-refractivity contribution < 1.29 is 27.5 Å². The Balaban J connectivity index is 1.67. The minimum atomic E-state index is -4.00. The molecule has 0 aliphatic heterocycles. The van der Waals surface area contributed by atoms with Crippen molar-refractivity contribution in [2.75, 3.05) is 24.6 Å². The molecule has 0 unspecified atom stereocenters. The lowest BCUT2D eigenvalue weighted by Gasteiger charge is -2.20. The molecule has 0 heterocycles. The number of nitrogens with zero attached hydrogens (tertiary/aromatic N) is 1. The molecule has 7 nitrogen and oxygen atoms in total. The van der Waals surface area contributed by atoms with E-state index in [9.17, 15) is 18.0 Å². The second-order valence-corrected chi connectivity index (χ2v) is 8.38. The van der Waals surface area contributed by atoms with Gasteiger partial charge < -0.3 is 9.47 Å². The summed E-state index contributed by atoms with van der Waals surface area (Å²) in [6, 6.07) is 22.7. The minimum Gasteiger partial charge on any atom is -0.458 e. The first-order chi connectivity index (χ1) is 14.9. The zero-order chi connectivity index (χ0) is 22.3. The minimum absolute atomic E-state index is 0.0975. The SMILES string of the molecule is CN(c1ccccc1)S(=O)(=O)c1ccccc1C(=O)OCCOC(=O)c1ccccc1. The maximum absolute atomic E-state index is 13.1. The van der Waals surface area contributed by atoms with Gasteiger partial charge in [-0.05, 0) is 36.4 Å². The molecular formula is C23H21NO6S. The highest BCUT2D eigenvalue weighted by Gasteiger charge is 2.27. The van der Waals surface area contributed by atoms with Crippen LogP contribution in [0.3, 0.4) is 0 Å². The Labute approximate surface area is 180 Å². The summed E-state index contributed by atoms with van der Waals surface area (Å²) in [5, 5.41) is 0. The van der Waals surface area contributed by atoms with E-state index >= 15 is 0 Å². The molecule has 8 heteroatoms. The van der Waals surface area contributed by atoms with E-state index in [2.05, 4.69) is 0 Å². The van der Waals surface area contributed by atoms with Crippen LogP contribution in [0, 0.1) is 0 Å². The van der Waals surface area contributed by atoms with Crippen LogP contribution in [-0.4, -0.2) is 40.6 Å². The van der Waals surface area contributed by atoms with Crippen molar-refractivity contribution in [3.8, 4) is 0 Å². The molecule has 0 saturated heterocycles. The normalized spacial score (nSPS) is 10.9. The van der Waals surface area contributed by atoms with Crippen molar-refractivity contribution >= 4 is 27.6 Å². The Kier molecular flexibility index (Phi) is 7.04. The topological polar surface area (TPSA) is 90.0 Å². The largest absolute Gasteiger partial charge is 0.458 e. The number of rotatable bonds is 8. The predicted molar refractivity (Wildman–Crippen MR) is 115 cm³/mol. The molecule has 3 aromatic carbocycles. The molecule has 0 bridgehead atoms. The van der Waals surface area contributed by atoms with Crippen LogP contribution in [0.1, 0.15) is 20.7 Å². The number of hydrogen-bond donors (Lipinski definition) is 0. The highest BCUT2D eigenvalue weighted by molar-refractivity contribution is 7.92. The number of carbonyl (C=O) groups excluding carboxylic acids is 2. The molecule has 0 spiro atoms. The van der Waals surface area contributed by atoms with Crippen LogP contribution in [0.2, 0.25) is 0 Å². The smallest absolute Gasteiger partial charge is 0.339 e.